The molecule has 1 fully saturated rings. The molecule has 0 saturated carbocycles. The number of H-pyrrole nitrogens is 1. The molecule has 3 heterocycles. The largest absolute Gasteiger partial charge is 0.453 e. The first-order valence-electron chi connectivity index (χ1n) is 13.5. The molecule has 226 valence electrons. The third-order valence-electron chi connectivity index (χ3n) is 7.48. The van der Waals surface area contributed by atoms with Crippen LogP contribution in [-0.2, 0) is 15.1 Å². The SMILES string of the molecule is C=C1CC/C=C/C[C@H](N2CCC(C)(c3c(F)ccc(Cl)c3F)OC2=O)c2nc(c(Cl)[nH]2)-c2ccc(NC(=O)OC)cc2N1. The normalized spacial score (nSPS) is 21.3. The van der Waals surface area contributed by atoms with Crippen LogP contribution in [0.2, 0.25) is 10.2 Å². The fourth-order valence-corrected chi connectivity index (χ4v) is 5.64. The number of halogens is 4. The number of ether oxygens (including phenoxy) is 2. The zero-order chi connectivity index (χ0) is 30.9. The average molecular weight is 632 g/mol. The fourth-order valence-electron chi connectivity index (χ4n) is 5.24. The highest BCUT2D eigenvalue weighted by molar-refractivity contribution is 6.32. The summed E-state index contributed by atoms with van der Waals surface area (Å²) < 4.78 is 40.1. The lowest BCUT2D eigenvalue weighted by Gasteiger charge is -2.41. The molecular formula is C30H29Cl2F2N5O4. The number of carbonyl (C=O) groups excluding carboxylic acids is 2. The molecule has 0 spiro atoms. The van der Waals surface area contributed by atoms with Crippen LogP contribution in [0, 0.1) is 11.6 Å². The predicted octanol–water partition coefficient (Wildman–Crippen LogP) is 8.30. The van der Waals surface area contributed by atoms with Gasteiger partial charge in [0.1, 0.15) is 28.1 Å². The molecule has 1 saturated heterocycles. The lowest BCUT2D eigenvalue weighted by atomic mass is 9.89. The molecule has 13 heteroatoms. The lowest BCUT2D eigenvalue weighted by Crippen LogP contribution is -2.48. The number of anilines is 2. The van der Waals surface area contributed by atoms with Crippen LogP contribution in [0.5, 0.6) is 0 Å². The van der Waals surface area contributed by atoms with Gasteiger partial charge in [0, 0.05) is 35.6 Å². The van der Waals surface area contributed by atoms with Gasteiger partial charge in [0.25, 0.3) is 0 Å². The number of amides is 2. The highest BCUT2D eigenvalue weighted by Gasteiger charge is 2.45. The maximum absolute atomic E-state index is 14.9. The van der Waals surface area contributed by atoms with Crippen molar-refractivity contribution in [3.63, 3.8) is 0 Å². The minimum absolute atomic E-state index is 0.0942. The van der Waals surface area contributed by atoms with Gasteiger partial charge in [-0.05, 0) is 56.5 Å². The topological polar surface area (TPSA) is 109 Å². The van der Waals surface area contributed by atoms with E-state index in [1.165, 1.54) is 18.9 Å². The first-order valence-corrected chi connectivity index (χ1v) is 14.2. The predicted molar refractivity (Wildman–Crippen MR) is 160 cm³/mol. The van der Waals surface area contributed by atoms with Gasteiger partial charge in [-0.2, -0.15) is 0 Å². The number of aromatic amines is 1. The van der Waals surface area contributed by atoms with Crippen molar-refractivity contribution in [1.29, 1.82) is 0 Å². The second-order valence-electron chi connectivity index (χ2n) is 10.4. The van der Waals surface area contributed by atoms with E-state index >= 15 is 0 Å². The van der Waals surface area contributed by atoms with Crippen LogP contribution in [0.1, 0.15) is 50.0 Å². The Labute approximate surface area is 256 Å². The molecule has 2 bridgehead atoms. The van der Waals surface area contributed by atoms with Crippen molar-refractivity contribution in [3.8, 4) is 11.3 Å². The summed E-state index contributed by atoms with van der Waals surface area (Å²) in [6.07, 6.45) is 4.23. The molecule has 1 unspecified atom stereocenters. The number of carbonyl (C=O) groups is 2. The van der Waals surface area contributed by atoms with E-state index in [0.717, 1.165) is 17.8 Å². The molecule has 3 aromatic rings. The summed E-state index contributed by atoms with van der Waals surface area (Å²) in [6.45, 7) is 5.70. The second-order valence-corrected chi connectivity index (χ2v) is 11.2. The summed E-state index contributed by atoms with van der Waals surface area (Å²) in [4.78, 5) is 34.6. The van der Waals surface area contributed by atoms with Gasteiger partial charge in [-0.25, -0.2) is 23.4 Å². The van der Waals surface area contributed by atoms with E-state index < -0.39 is 41.0 Å². The Kier molecular flexibility index (Phi) is 8.66. The average Bonchev–Trinajstić information content (AvgIpc) is 3.34. The number of benzene rings is 2. The van der Waals surface area contributed by atoms with Gasteiger partial charge in [-0.3, -0.25) is 10.2 Å². The van der Waals surface area contributed by atoms with E-state index in [1.807, 2.05) is 12.2 Å². The standard InChI is InChI=1S/C30H29Cl2F2N5O4/c1-16-7-5-4-6-8-22(39-14-13-30(2,43-29(39)41)23-20(33)12-11-19(31)24(23)34)27-37-25(26(32)38-27)18-10-9-17(15-21(18)35-16)36-28(40)42-3/h4,6,9-12,15,22,35H,1,5,7-8,13-14H2,2-3H3,(H,36,40)(H,37,38)/b6-4+/t22-,30?/m0/s1. The highest BCUT2D eigenvalue weighted by Crippen LogP contribution is 2.42. The first kappa shape index (κ1) is 30.4. The molecule has 2 aromatic carbocycles. The van der Waals surface area contributed by atoms with Gasteiger partial charge in [0.15, 0.2) is 5.82 Å². The van der Waals surface area contributed by atoms with Crippen molar-refractivity contribution in [1.82, 2.24) is 14.9 Å². The number of methoxy groups -OCH3 is 1. The lowest BCUT2D eigenvalue weighted by molar-refractivity contribution is -0.0547. The Morgan fingerprint density at radius 1 is 1.26 bits per heavy atom. The van der Waals surface area contributed by atoms with E-state index in [0.29, 0.717) is 47.7 Å². The fraction of sp³-hybridized carbons (Fsp3) is 0.300. The van der Waals surface area contributed by atoms with E-state index in [1.54, 1.807) is 18.2 Å². The highest BCUT2D eigenvalue weighted by atomic mass is 35.5. The summed E-state index contributed by atoms with van der Waals surface area (Å²) in [6, 6.07) is 6.68. The minimum Gasteiger partial charge on any atom is -0.453 e. The number of hydrogen-bond donors (Lipinski definition) is 3. The number of hydrogen-bond acceptors (Lipinski definition) is 6. The molecule has 9 nitrogen and oxygen atoms in total. The number of fused-ring (bicyclic) bond motifs is 4. The molecule has 1 aromatic heterocycles. The van der Waals surface area contributed by atoms with Crippen LogP contribution < -0.4 is 10.6 Å². The Bertz CT molecular complexity index is 1630. The summed E-state index contributed by atoms with van der Waals surface area (Å²) in [7, 11) is 1.27. The van der Waals surface area contributed by atoms with Crippen LogP contribution in [0.25, 0.3) is 11.3 Å². The van der Waals surface area contributed by atoms with E-state index in [-0.39, 0.29) is 23.1 Å². The van der Waals surface area contributed by atoms with Crippen molar-refractivity contribution in [2.75, 3.05) is 24.3 Å². The monoisotopic (exact) mass is 631 g/mol. The molecule has 0 radical (unpaired) electrons. The maximum atomic E-state index is 14.9. The quantitative estimate of drug-likeness (QED) is 0.198. The van der Waals surface area contributed by atoms with Crippen LogP contribution >= 0.6 is 23.2 Å². The van der Waals surface area contributed by atoms with Gasteiger partial charge in [0.05, 0.1) is 23.7 Å². The van der Waals surface area contributed by atoms with Gasteiger partial charge in [0.2, 0.25) is 0 Å². The van der Waals surface area contributed by atoms with Crippen molar-refractivity contribution in [3.05, 3.63) is 88.0 Å². The van der Waals surface area contributed by atoms with E-state index in [2.05, 4.69) is 22.2 Å². The van der Waals surface area contributed by atoms with Crippen molar-refractivity contribution in [2.45, 2.75) is 44.2 Å². The van der Waals surface area contributed by atoms with Gasteiger partial charge in [-0.1, -0.05) is 41.9 Å². The van der Waals surface area contributed by atoms with Crippen LogP contribution in [0.3, 0.4) is 0 Å². The number of aromatic nitrogens is 2. The molecular weight excluding hydrogens is 603 g/mol. The molecule has 3 N–H and O–H groups in total. The molecule has 2 aliphatic heterocycles. The second kappa shape index (κ2) is 12.3. The Hall–Kier alpha value is -4.09. The van der Waals surface area contributed by atoms with Crippen LogP contribution in [-0.4, -0.2) is 40.7 Å². The van der Waals surface area contributed by atoms with Gasteiger partial charge >= 0.3 is 12.2 Å². The van der Waals surface area contributed by atoms with Gasteiger partial charge in [-0.15, -0.1) is 0 Å². The molecule has 0 aliphatic carbocycles. The summed E-state index contributed by atoms with van der Waals surface area (Å²) >= 11 is 12.6. The van der Waals surface area contributed by atoms with Crippen LogP contribution in [0.15, 0.2) is 54.8 Å². The molecule has 43 heavy (non-hydrogen) atoms. The van der Waals surface area contributed by atoms with Crippen LogP contribution in [0.4, 0.5) is 29.7 Å². The molecule has 2 atom stereocenters. The van der Waals surface area contributed by atoms with Crippen molar-refractivity contribution in [2.24, 2.45) is 0 Å². The Morgan fingerprint density at radius 2 is 2.05 bits per heavy atom. The van der Waals surface area contributed by atoms with Crippen molar-refractivity contribution < 1.29 is 27.8 Å². The smallest absolute Gasteiger partial charge is 0.411 e. The molecule has 2 amide bonds. The molecule has 2 aliphatic rings. The maximum Gasteiger partial charge on any atom is 0.411 e. The number of rotatable bonds is 3. The van der Waals surface area contributed by atoms with E-state index in [4.69, 9.17) is 37.7 Å². The first-order chi connectivity index (χ1) is 20.5. The van der Waals surface area contributed by atoms with E-state index in [9.17, 15) is 18.4 Å². The molecule has 5 rings (SSSR count). The zero-order valence-electron chi connectivity index (χ0n) is 23.4. The summed E-state index contributed by atoms with van der Waals surface area (Å²) in [5, 5.41) is 5.88. The number of imidazole rings is 1. The number of cyclic esters (lactones) is 1. The summed E-state index contributed by atoms with van der Waals surface area (Å²) in [5.41, 5.74) is 0.862. The number of nitrogens with zero attached hydrogens (tertiary/aromatic N) is 2. The van der Waals surface area contributed by atoms with Crippen molar-refractivity contribution >= 4 is 46.8 Å². The minimum atomic E-state index is -1.57. The van der Waals surface area contributed by atoms with Gasteiger partial charge < -0.3 is 19.8 Å². The Balaban J connectivity index is 1.50. The zero-order valence-corrected chi connectivity index (χ0v) is 24.9. The number of nitrogens with one attached hydrogen (secondary N) is 3. The summed E-state index contributed by atoms with van der Waals surface area (Å²) in [5.74, 6) is -1.42. The number of allylic oxidation sites excluding steroid dienone is 2. The third kappa shape index (κ3) is 6.18. The Morgan fingerprint density at radius 3 is 2.79 bits per heavy atom. The third-order valence-corrected chi connectivity index (χ3v) is 8.04.